The molecule has 64 heavy (non-hydrogen) atoms. The van der Waals surface area contributed by atoms with Gasteiger partial charge in [-0.15, -0.1) is 0 Å². The zero-order valence-electron chi connectivity index (χ0n) is 36.2. The highest BCUT2D eigenvalue weighted by atomic mass is 16.3. The third kappa shape index (κ3) is 5.74. The average molecular weight is 825 g/mol. The number of furan rings is 1. The van der Waals surface area contributed by atoms with E-state index in [1.54, 1.807) is 0 Å². The van der Waals surface area contributed by atoms with Gasteiger partial charge in [0.2, 0.25) is 5.95 Å². The molecule has 0 saturated heterocycles. The van der Waals surface area contributed by atoms with Gasteiger partial charge in [-0.2, -0.15) is 9.97 Å². The Balaban J connectivity index is 0.00000141. The molecule has 0 amide bonds. The van der Waals surface area contributed by atoms with Gasteiger partial charge >= 0.3 is 0 Å². The SMILES string of the molecule is CC1(C)c2ccc(-c3cccc4c5ccc6ccccc6c5n(-c5nc(-c6ccccc6)nc(-c6ccc7c(c6)oc6ccccc67)n5)c34)cc2-c2c1ccc1ccccc21.CCC. The van der Waals surface area contributed by atoms with E-state index in [9.17, 15) is 0 Å². The van der Waals surface area contributed by atoms with Crippen molar-refractivity contribution in [2.75, 3.05) is 0 Å². The first-order valence-electron chi connectivity index (χ1n) is 22.3. The molecule has 0 bridgehead atoms. The van der Waals surface area contributed by atoms with Crippen LogP contribution in [-0.2, 0) is 5.41 Å². The number of para-hydroxylation sites is 2. The Bertz CT molecular complexity index is 3820. The minimum Gasteiger partial charge on any atom is -0.456 e. The predicted molar refractivity (Wildman–Crippen MR) is 266 cm³/mol. The second kappa shape index (κ2) is 14.6. The van der Waals surface area contributed by atoms with E-state index in [4.69, 9.17) is 19.4 Å². The van der Waals surface area contributed by atoms with Crippen LogP contribution >= 0.6 is 0 Å². The van der Waals surface area contributed by atoms with Crippen molar-refractivity contribution < 1.29 is 4.42 Å². The van der Waals surface area contributed by atoms with Gasteiger partial charge < -0.3 is 4.42 Å². The van der Waals surface area contributed by atoms with Crippen LogP contribution in [0.2, 0.25) is 0 Å². The zero-order valence-corrected chi connectivity index (χ0v) is 36.2. The summed E-state index contributed by atoms with van der Waals surface area (Å²) in [4.78, 5) is 16.0. The quantitative estimate of drug-likeness (QED) is 0.177. The number of aromatic nitrogens is 4. The van der Waals surface area contributed by atoms with Gasteiger partial charge in [-0.25, -0.2) is 4.98 Å². The molecule has 0 fully saturated rings. The highest BCUT2D eigenvalue weighted by molar-refractivity contribution is 6.21. The molecule has 1 aliphatic carbocycles. The maximum absolute atomic E-state index is 6.37. The molecule has 0 unspecified atom stereocenters. The Kier molecular flexibility index (Phi) is 8.63. The highest BCUT2D eigenvalue weighted by Crippen LogP contribution is 2.53. The van der Waals surface area contributed by atoms with Crippen molar-refractivity contribution in [3.8, 4) is 51.0 Å². The number of benzene rings is 9. The molecule has 306 valence electrons. The number of rotatable bonds is 4. The van der Waals surface area contributed by atoms with Crippen molar-refractivity contribution in [3.63, 3.8) is 0 Å². The van der Waals surface area contributed by atoms with E-state index in [1.165, 1.54) is 39.4 Å². The molecule has 3 aromatic heterocycles. The van der Waals surface area contributed by atoms with E-state index in [-0.39, 0.29) is 5.41 Å². The molecule has 3 heterocycles. The van der Waals surface area contributed by atoms with Crippen LogP contribution in [-0.4, -0.2) is 19.5 Å². The van der Waals surface area contributed by atoms with Gasteiger partial charge in [-0.05, 0) is 68.2 Å². The van der Waals surface area contributed by atoms with Crippen molar-refractivity contribution >= 4 is 65.3 Å². The van der Waals surface area contributed by atoms with Gasteiger partial charge in [-0.3, -0.25) is 4.57 Å². The van der Waals surface area contributed by atoms with Crippen molar-refractivity contribution in [2.45, 2.75) is 39.5 Å². The number of hydrogen-bond donors (Lipinski definition) is 0. The monoisotopic (exact) mass is 824 g/mol. The lowest BCUT2D eigenvalue weighted by Crippen LogP contribution is -2.14. The summed E-state index contributed by atoms with van der Waals surface area (Å²) in [5.74, 6) is 1.72. The summed E-state index contributed by atoms with van der Waals surface area (Å²) in [5.41, 5.74) is 13.0. The summed E-state index contributed by atoms with van der Waals surface area (Å²) in [7, 11) is 0. The van der Waals surface area contributed by atoms with E-state index in [0.29, 0.717) is 17.6 Å². The lowest BCUT2D eigenvalue weighted by Gasteiger charge is -2.21. The van der Waals surface area contributed by atoms with Crippen molar-refractivity contribution in [3.05, 3.63) is 193 Å². The van der Waals surface area contributed by atoms with Crippen LogP contribution in [0.5, 0.6) is 0 Å². The van der Waals surface area contributed by atoms with Gasteiger partial charge in [0.15, 0.2) is 11.6 Å². The summed E-state index contributed by atoms with van der Waals surface area (Å²) >= 11 is 0. The molecule has 0 atom stereocenters. The summed E-state index contributed by atoms with van der Waals surface area (Å²) in [6, 6.07) is 64.8. The zero-order chi connectivity index (χ0) is 43.1. The third-order valence-electron chi connectivity index (χ3n) is 13.0. The minimum atomic E-state index is -0.131. The average Bonchev–Trinajstić information content (AvgIpc) is 3.97. The molecule has 9 aromatic carbocycles. The van der Waals surface area contributed by atoms with Crippen LogP contribution in [0.15, 0.2) is 186 Å². The summed E-state index contributed by atoms with van der Waals surface area (Å²) in [5, 5.41) is 9.24. The molecule has 0 spiro atoms. The Morgan fingerprint density at radius 2 is 1.03 bits per heavy atom. The largest absolute Gasteiger partial charge is 0.456 e. The maximum atomic E-state index is 6.37. The van der Waals surface area contributed by atoms with Crippen LogP contribution in [0.1, 0.15) is 45.2 Å². The molecule has 0 aliphatic heterocycles. The Hall–Kier alpha value is -7.89. The molecule has 0 radical (unpaired) electrons. The standard InChI is InChI=1S/C56H36N4O.C3H8/c1-56(2)46-29-26-36(31-45(46)50-38-17-8-6-13-33(38)25-30-47(50)56)40-20-12-21-43-44-28-23-34-14-7-9-18-39(34)51(44)60(52(40)43)55-58-53(35-15-4-3-5-16-35)57-54(59-55)37-24-27-42-41-19-10-11-22-48(41)61-49(42)32-37;1-3-2/h3-32H,1-2H3;3H2,1-2H3. The third-order valence-corrected chi connectivity index (χ3v) is 13.0. The van der Waals surface area contributed by atoms with Crippen LogP contribution in [0.3, 0.4) is 0 Å². The lowest BCUT2D eigenvalue weighted by atomic mass is 9.82. The van der Waals surface area contributed by atoms with Crippen LogP contribution in [0.4, 0.5) is 0 Å². The second-order valence-corrected chi connectivity index (χ2v) is 17.5. The molecule has 0 N–H and O–H groups in total. The van der Waals surface area contributed by atoms with E-state index in [2.05, 4.69) is 178 Å². The van der Waals surface area contributed by atoms with Crippen molar-refractivity contribution in [1.82, 2.24) is 19.5 Å². The second-order valence-electron chi connectivity index (χ2n) is 17.5. The topological polar surface area (TPSA) is 56.7 Å². The number of fused-ring (bicyclic) bond motifs is 13. The molecule has 13 rings (SSSR count). The summed E-state index contributed by atoms with van der Waals surface area (Å²) in [6.07, 6.45) is 1.25. The number of nitrogens with zero attached hydrogens (tertiary/aromatic N) is 4. The normalized spacial score (nSPS) is 12.9. The van der Waals surface area contributed by atoms with Gasteiger partial charge in [0, 0.05) is 49.0 Å². The minimum absolute atomic E-state index is 0.131. The molecule has 0 saturated carbocycles. The fourth-order valence-corrected chi connectivity index (χ4v) is 10.1. The highest BCUT2D eigenvalue weighted by Gasteiger charge is 2.36. The van der Waals surface area contributed by atoms with Gasteiger partial charge in [-0.1, -0.05) is 192 Å². The van der Waals surface area contributed by atoms with Gasteiger partial charge in [0.05, 0.1) is 11.0 Å². The summed E-state index contributed by atoms with van der Waals surface area (Å²) in [6.45, 7) is 8.95. The first-order valence-corrected chi connectivity index (χ1v) is 22.3. The molecular formula is C59H44N4O. The van der Waals surface area contributed by atoms with E-state index in [0.717, 1.165) is 76.8 Å². The van der Waals surface area contributed by atoms with Crippen LogP contribution < -0.4 is 0 Å². The molecule has 1 aliphatic rings. The Morgan fingerprint density at radius 3 is 1.84 bits per heavy atom. The first kappa shape index (κ1) is 37.8. The Morgan fingerprint density at radius 1 is 0.438 bits per heavy atom. The number of hydrogen-bond acceptors (Lipinski definition) is 4. The van der Waals surface area contributed by atoms with Crippen LogP contribution in [0, 0.1) is 0 Å². The maximum Gasteiger partial charge on any atom is 0.238 e. The molecule has 5 nitrogen and oxygen atoms in total. The molecule has 12 aromatic rings. The molecular weight excluding hydrogens is 781 g/mol. The Labute approximate surface area is 371 Å². The van der Waals surface area contributed by atoms with Crippen molar-refractivity contribution in [1.29, 1.82) is 0 Å². The van der Waals surface area contributed by atoms with Crippen molar-refractivity contribution in [2.24, 2.45) is 0 Å². The fraction of sp³-hybridized carbons (Fsp3) is 0.102. The lowest BCUT2D eigenvalue weighted by molar-refractivity contribution is 0.661. The van der Waals surface area contributed by atoms with E-state index in [1.807, 2.05) is 36.4 Å². The summed E-state index contributed by atoms with van der Waals surface area (Å²) < 4.78 is 8.67. The fourth-order valence-electron chi connectivity index (χ4n) is 10.1. The first-order chi connectivity index (χ1) is 31.4. The van der Waals surface area contributed by atoms with E-state index >= 15 is 0 Å². The smallest absolute Gasteiger partial charge is 0.238 e. The van der Waals surface area contributed by atoms with Gasteiger partial charge in [0.25, 0.3) is 0 Å². The van der Waals surface area contributed by atoms with Crippen LogP contribution in [0.25, 0.3) is 116 Å². The molecule has 5 heteroatoms. The van der Waals surface area contributed by atoms with E-state index < -0.39 is 0 Å². The van der Waals surface area contributed by atoms with Gasteiger partial charge in [0.1, 0.15) is 11.2 Å². The predicted octanol–water partition coefficient (Wildman–Crippen LogP) is 15.9.